The molecule has 2 N–H and O–H groups in total. The monoisotopic (exact) mass is 239 g/mol. The van der Waals surface area contributed by atoms with Crippen molar-refractivity contribution < 1.29 is 4.79 Å². The smallest absolute Gasteiger partial charge is 0.317 e. The molecule has 2 amide bonds. The molecule has 2 aliphatic rings. The van der Waals surface area contributed by atoms with Crippen LogP contribution in [0.1, 0.15) is 45.4 Å². The van der Waals surface area contributed by atoms with Gasteiger partial charge >= 0.3 is 6.03 Å². The van der Waals surface area contributed by atoms with Gasteiger partial charge in [-0.3, -0.25) is 0 Å². The fourth-order valence-corrected chi connectivity index (χ4v) is 2.82. The van der Waals surface area contributed by atoms with Crippen molar-refractivity contribution in [2.75, 3.05) is 19.6 Å². The molecule has 1 aliphatic heterocycles. The third-order valence-corrected chi connectivity index (χ3v) is 3.99. The molecule has 1 atom stereocenters. The second-order valence-corrected chi connectivity index (χ2v) is 5.37. The molecule has 2 rings (SSSR count). The minimum Gasteiger partial charge on any atom is -0.335 e. The van der Waals surface area contributed by atoms with E-state index in [4.69, 9.17) is 0 Å². The lowest BCUT2D eigenvalue weighted by Crippen LogP contribution is -2.49. The Morgan fingerprint density at radius 1 is 1.18 bits per heavy atom. The van der Waals surface area contributed by atoms with E-state index < -0.39 is 0 Å². The zero-order chi connectivity index (χ0) is 12.1. The largest absolute Gasteiger partial charge is 0.335 e. The highest BCUT2D eigenvalue weighted by Crippen LogP contribution is 2.18. The third kappa shape index (κ3) is 3.60. The zero-order valence-electron chi connectivity index (χ0n) is 10.9. The van der Waals surface area contributed by atoms with Crippen LogP contribution < -0.4 is 10.6 Å². The summed E-state index contributed by atoms with van der Waals surface area (Å²) in [4.78, 5) is 14.2. The lowest BCUT2D eigenvalue weighted by Gasteiger charge is -2.30. The molecule has 1 heterocycles. The van der Waals surface area contributed by atoms with Crippen LogP contribution in [0.5, 0.6) is 0 Å². The molecule has 0 radical (unpaired) electrons. The number of carbonyl (C=O) groups excluding carboxylic acids is 1. The van der Waals surface area contributed by atoms with Crippen molar-refractivity contribution in [2.24, 2.45) is 0 Å². The fourth-order valence-electron chi connectivity index (χ4n) is 2.82. The lowest BCUT2D eigenvalue weighted by atomic mass is 9.96. The molecule has 1 aliphatic carbocycles. The molecule has 2 fully saturated rings. The standard InChI is InChI=1S/C13H25N3O/c1-11-7-8-14-9-10-16(11)13(17)15-12-5-3-2-4-6-12/h11-12,14H,2-10H2,1H3,(H,15,17). The Hall–Kier alpha value is -0.770. The van der Waals surface area contributed by atoms with Crippen LogP contribution in [0.2, 0.25) is 0 Å². The Labute approximate surface area is 104 Å². The molecule has 1 saturated heterocycles. The van der Waals surface area contributed by atoms with Crippen LogP contribution in [0.4, 0.5) is 4.79 Å². The number of hydrogen-bond acceptors (Lipinski definition) is 2. The van der Waals surface area contributed by atoms with Crippen LogP contribution in [0, 0.1) is 0 Å². The molecular weight excluding hydrogens is 214 g/mol. The van der Waals surface area contributed by atoms with Gasteiger partial charge in [-0.15, -0.1) is 0 Å². The molecule has 0 aromatic heterocycles. The number of nitrogens with one attached hydrogen (secondary N) is 2. The molecule has 0 aromatic rings. The summed E-state index contributed by atoms with van der Waals surface area (Å²) in [5.74, 6) is 0. The molecule has 1 unspecified atom stereocenters. The molecule has 0 bridgehead atoms. The number of hydrogen-bond donors (Lipinski definition) is 2. The number of nitrogens with zero attached hydrogens (tertiary/aromatic N) is 1. The average molecular weight is 239 g/mol. The summed E-state index contributed by atoms with van der Waals surface area (Å²) in [6, 6.07) is 0.918. The van der Waals surface area contributed by atoms with Crippen molar-refractivity contribution in [3.05, 3.63) is 0 Å². The van der Waals surface area contributed by atoms with Crippen LogP contribution in [-0.4, -0.2) is 42.6 Å². The second-order valence-electron chi connectivity index (χ2n) is 5.37. The maximum atomic E-state index is 12.2. The van der Waals surface area contributed by atoms with Crippen molar-refractivity contribution in [1.29, 1.82) is 0 Å². The van der Waals surface area contributed by atoms with E-state index in [1.54, 1.807) is 0 Å². The van der Waals surface area contributed by atoms with Gasteiger partial charge in [0.05, 0.1) is 0 Å². The van der Waals surface area contributed by atoms with E-state index in [0.717, 1.165) is 38.9 Å². The van der Waals surface area contributed by atoms with Gasteiger partial charge in [0.2, 0.25) is 0 Å². The van der Waals surface area contributed by atoms with Gasteiger partial charge in [0.15, 0.2) is 0 Å². The normalized spacial score (nSPS) is 27.6. The molecule has 17 heavy (non-hydrogen) atoms. The first-order valence-electron chi connectivity index (χ1n) is 7.05. The van der Waals surface area contributed by atoms with Gasteiger partial charge in [0.1, 0.15) is 0 Å². The molecule has 98 valence electrons. The van der Waals surface area contributed by atoms with Crippen LogP contribution >= 0.6 is 0 Å². The number of carbonyl (C=O) groups is 1. The summed E-state index contributed by atoms with van der Waals surface area (Å²) in [7, 11) is 0. The highest BCUT2D eigenvalue weighted by atomic mass is 16.2. The van der Waals surface area contributed by atoms with E-state index in [9.17, 15) is 4.79 Å². The Kier molecular flexibility index (Phi) is 4.66. The first-order chi connectivity index (χ1) is 8.27. The number of amides is 2. The van der Waals surface area contributed by atoms with Crippen LogP contribution in [-0.2, 0) is 0 Å². The maximum absolute atomic E-state index is 12.2. The minimum absolute atomic E-state index is 0.146. The highest BCUT2D eigenvalue weighted by Gasteiger charge is 2.24. The number of rotatable bonds is 1. The van der Waals surface area contributed by atoms with Gasteiger partial charge < -0.3 is 15.5 Å². The SMILES string of the molecule is CC1CCNCCN1C(=O)NC1CCCCC1. The van der Waals surface area contributed by atoms with Crippen LogP contribution in [0.15, 0.2) is 0 Å². The minimum atomic E-state index is 0.146. The van der Waals surface area contributed by atoms with E-state index in [1.807, 2.05) is 4.90 Å². The van der Waals surface area contributed by atoms with Gasteiger partial charge in [-0.2, -0.15) is 0 Å². The van der Waals surface area contributed by atoms with E-state index in [0.29, 0.717) is 12.1 Å². The van der Waals surface area contributed by atoms with Gasteiger partial charge in [0.25, 0.3) is 0 Å². The van der Waals surface area contributed by atoms with Gasteiger partial charge in [-0.05, 0) is 32.7 Å². The summed E-state index contributed by atoms with van der Waals surface area (Å²) < 4.78 is 0. The van der Waals surface area contributed by atoms with E-state index >= 15 is 0 Å². The molecule has 0 spiro atoms. The molecule has 4 nitrogen and oxygen atoms in total. The predicted molar refractivity (Wildman–Crippen MR) is 69.1 cm³/mol. The third-order valence-electron chi connectivity index (χ3n) is 3.99. The van der Waals surface area contributed by atoms with Crippen molar-refractivity contribution >= 4 is 6.03 Å². The Morgan fingerprint density at radius 3 is 2.71 bits per heavy atom. The summed E-state index contributed by atoms with van der Waals surface area (Å²) in [6.45, 7) is 4.92. The predicted octanol–water partition coefficient (Wildman–Crippen LogP) is 1.71. The molecular formula is C13H25N3O. The first-order valence-corrected chi connectivity index (χ1v) is 7.05. The molecule has 4 heteroatoms. The summed E-state index contributed by atoms with van der Waals surface area (Å²) in [5, 5.41) is 6.55. The molecule has 1 saturated carbocycles. The quantitative estimate of drug-likeness (QED) is 0.731. The van der Waals surface area contributed by atoms with Crippen LogP contribution in [0.3, 0.4) is 0 Å². The second kappa shape index (κ2) is 6.24. The maximum Gasteiger partial charge on any atom is 0.317 e. The van der Waals surface area contributed by atoms with E-state index in [-0.39, 0.29) is 6.03 Å². The van der Waals surface area contributed by atoms with Crippen molar-refractivity contribution in [3.8, 4) is 0 Å². The molecule has 0 aromatic carbocycles. The lowest BCUT2D eigenvalue weighted by molar-refractivity contribution is 0.175. The summed E-state index contributed by atoms with van der Waals surface area (Å²) in [5.41, 5.74) is 0. The first kappa shape index (κ1) is 12.7. The average Bonchev–Trinajstić information content (AvgIpc) is 2.55. The van der Waals surface area contributed by atoms with Gasteiger partial charge in [-0.1, -0.05) is 19.3 Å². The van der Waals surface area contributed by atoms with Crippen LogP contribution in [0.25, 0.3) is 0 Å². The summed E-state index contributed by atoms with van der Waals surface area (Å²) in [6.07, 6.45) is 7.23. The summed E-state index contributed by atoms with van der Waals surface area (Å²) >= 11 is 0. The van der Waals surface area contributed by atoms with E-state index in [1.165, 1.54) is 19.3 Å². The van der Waals surface area contributed by atoms with E-state index in [2.05, 4.69) is 17.6 Å². The zero-order valence-corrected chi connectivity index (χ0v) is 10.9. The Morgan fingerprint density at radius 2 is 1.94 bits per heavy atom. The van der Waals surface area contributed by atoms with Crippen molar-refractivity contribution in [2.45, 2.75) is 57.5 Å². The van der Waals surface area contributed by atoms with Crippen molar-refractivity contribution in [1.82, 2.24) is 15.5 Å². The van der Waals surface area contributed by atoms with Gasteiger partial charge in [0, 0.05) is 25.2 Å². The topological polar surface area (TPSA) is 44.4 Å². The number of urea groups is 1. The Bertz CT molecular complexity index is 251. The van der Waals surface area contributed by atoms with Gasteiger partial charge in [-0.25, -0.2) is 4.79 Å². The Balaban J connectivity index is 1.84. The van der Waals surface area contributed by atoms with Crippen molar-refractivity contribution in [3.63, 3.8) is 0 Å². The fraction of sp³-hybridized carbons (Fsp3) is 0.923. The highest BCUT2D eigenvalue weighted by molar-refractivity contribution is 5.75.